The van der Waals surface area contributed by atoms with Crippen molar-refractivity contribution in [1.29, 1.82) is 0 Å². The molecule has 2 N–H and O–H groups in total. The van der Waals surface area contributed by atoms with Gasteiger partial charge in [-0.3, -0.25) is 0 Å². The number of piperidine rings is 1. The summed E-state index contributed by atoms with van der Waals surface area (Å²) < 4.78 is 0. The van der Waals surface area contributed by atoms with Crippen molar-refractivity contribution in [2.45, 2.75) is 72.5 Å². The van der Waals surface area contributed by atoms with Gasteiger partial charge in [-0.25, -0.2) is 0 Å². The molecule has 1 aliphatic heterocycles. The van der Waals surface area contributed by atoms with E-state index in [1.54, 1.807) is 0 Å². The number of nitrogens with one attached hydrogen (secondary N) is 2. The van der Waals surface area contributed by atoms with Gasteiger partial charge in [-0.2, -0.15) is 0 Å². The van der Waals surface area contributed by atoms with Crippen LogP contribution in [0.5, 0.6) is 0 Å². The molecule has 0 radical (unpaired) electrons. The minimum Gasteiger partial charge on any atom is -0.309 e. The molecule has 1 saturated heterocycles. The molecular formula is C24H34N2. The quantitative estimate of drug-likeness (QED) is 0.787. The second-order valence-electron chi connectivity index (χ2n) is 7.96. The fourth-order valence-electron chi connectivity index (χ4n) is 4.06. The van der Waals surface area contributed by atoms with E-state index in [2.05, 4.69) is 75.6 Å². The van der Waals surface area contributed by atoms with E-state index in [0.29, 0.717) is 12.1 Å². The summed E-state index contributed by atoms with van der Waals surface area (Å²) in [5, 5.41) is 7.63. The first kappa shape index (κ1) is 19.1. The van der Waals surface area contributed by atoms with Gasteiger partial charge in [0, 0.05) is 18.6 Å². The van der Waals surface area contributed by atoms with Gasteiger partial charge >= 0.3 is 0 Å². The third-order valence-corrected chi connectivity index (χ3v) is 6.15. The van der Waals surface area contributed by atoms with Crippen LogP contribution in [0.1, 0.15) is 64.8 Å². The predicted octanol–water partition coefficient (Wildman–Crippen LogP) is 5.07. The van der Waals surface area contributed by atoms with Crippen LogP contribution in [0.2, 0.25) is 0 Å². The van der Waals surface area contributed by atoms with Crippen molar-refractivity contribution in [2.75, 3.05) is 6.54 Å². The second kappa shape index (κ2) is 8.37. The summed E-state index contributed by atoms with van der Waals surface area (Å²) in [6, 6.07) is 12.5. The lowest BCUT2D eigenvalue weighted by atomic mass is 9.90. The molecule has 2 heteroatoms. The summed E-state index contributed by atoms with van der Waals surface area (Å²) in [5.41, 5.74) is 9.91. The fraction of sp³-hybridized carbons (Fsp3) is 0.500. The zero-order valence-electron chi connectivity index (χ0n) is 17.1. The van der Waals surface area contributed by atoms with Crippen LogP contribution in [0.3, 0.4) is 0 Å². The van der Waals surface area contributed by atoms with Crippen LogP contribution < -0.4 is 10.6 Å². The number of benzene rings is 2. The molecule has 1 fully saturated rings. The van der Waals surface area contributed by atoms with E-state index in [-0.39, 0.29) is 0 Å². The molecule has 0 aliphatic carbocycles. The SMILES string of the molecule is CCc1cc(C)c(C)c(CNC2CCCNC2c2ccc(C)c(C)c2)c1. The predicted molar refractivity (Wildman–Crippen MR) is 112 cm³/mol. The molecule has 26 heavy (non-hydrogen) atoms. The van der Waals surface area contributed by atoms with E-state index in [1.807, 2.05) is 0 Å². The molecule has 2 nitrogen and oxygen atoms in total. The van der Waals surface area contributed by atoms with Gasteiger partial charge < -0.3 is 10.6 Å². The number of hydrogen-bond acceptors (Lipinski definition) is 2. The highest BCUT2D eigenvalue weighted by Crippen LogP contribution is 2.26. The first-order valence-electron chi connectivity index (χ1n) is 10.1. The Morgan fingerprint density at radius 2 is 1.81 bits per heavy atom. The maximum atomic E-state index is 3.88. The Hall–Kier alpha value is -1.64. The molecular weight excluding hydrogens is 316 g/mol. The maximum Gasteiger partial charge on any atom is 0.0476 e. The highest BCUT2D eigenvalue weighted by molar-refractivity contribution is 5.38. The summed E-state index contributed by atoms with van der Waals surface area (Å²) in [6.45, 7) is 13.2. The highest BCUT2D eigenvalue weighted by atomic mass is 15.0. The third kappa shape index (κ3) is 4.19. The van der Waals surface area contributed by atoms with E-state index in [9.17, 15) is 0 Å². The van der Waals surface area contributed by atoms with Crippen molar-refractivity contribution in [3.63, 3.8) is 0 Å². The van der Waals surface area contributed by atoms with Gasteiger partial charge in [-0.15, -0.1) is 0 Å². The number of aryl methyl sites for hydroxylation is 4. The lowest BCUT2D eigenvalue weighted by Gasteiger charge is -2.34. The average molecular weight is 351 g/mol. The zero-order valence-corrected chi connectivity index (χ0v) is 17.1. The smallest absolute Gasteiger partial charge is 0.0476 e. The van der Waals surface area contributed by atoms with Gasteiger partial charge in [0.1, 0.15) is 0 Å². The Morgan fingerprint density at radius 1 is 1.00 bits per heavy atom. The Balaban J connectivity index is 1.77. The fourth-order valence-corrected chi connectivity index (χ4v) is 4.06. The zero-order chi connectivity index (χ0) is 18.7. The standard InChI is InChI=1S/C24H34N2/c1-6-20-12-18(4)19(5)22(14-20)15-26-23-8-7-11-25-24(23)21-10-9-16(2)17(3)13-21/h9-10,12-14,23-26H,6-8,11,15H2,1-5H3. The molecule has 2 atom stereocenters. The maximum absolute atomic E-state index is 3.88. The van der Waals surface area contributed by atoms with Crippen molar-refractivity contribution in [1.82, 2.24) is 10.6 Å². The van der Waals surface area contributed by atoms with Crippen LogP contribution in [0.25, 0.3) is 0 Å². The molecule has 2 aromatic rings. The van der Waals surface area contributed by atoms with Gasteiger partial charge in [0.15, 0.2) is 0 Å². The molecule has 1 heterocycles. The normalized spacial score (nSPS) is 20.3. The molecule has 0 spiro atoms. The molecule has 2 unspecified atom stereocenters. The number of hydrogen-bond donors (Lipinski definition) is 2. The van der Waals surface area contributed by atoms with E-state index >= 15 is 0 Å². The minimum atomic E-state index is 0.402. The first-order chi connectivity index (χ1) is 12.5. The van der Waals surface area contributed by atoms with Crippen LogP contribution in [-0.4, -0.2) is 12.6 Å². The highest BCUT2D eigenvalue weighted by Gasteiger charge is 2.26. The molecule has 3 rings (SSSR count). The average Bonchev–Trinajstić information content (AvgIpc) is 2.65. The van der Waals surface area contributed by atoms with Crippen molar-refractivity contribution in [3.05, 3.63) is 69.3 Å². The van der Waals surface area contributed by atoms with E-state index in [4.69, 9.17) is 0 Å². The lowest BCUT2D eigenvalue weighted by molar-refractivity contribution is 0.304. The summed E-state index contributed by atoms with van der Waals surface area (Å²) in [7, 11) is 0. The van der Waals surface area contributed by atoms with Crippen LogP contribution in [0, 0.1) is 27.7 Å². The minimum absolute atomic E-state index is 0.402. The van der Waals surface area contributed by atoms with Gasteiger partial charge in [0.05, 0.1) is 0 Å². The van der Waals surface area contributed by atoms with Gasteiger partial charge in [-0.1, -0.05) is 37.3 Å². The topological polar surface area (TPSA) is 24.1 Å². The molecule has 2 aromatic carbocycles. The summed E-state index contributed by atoms with van der Waals surface area (Å²) >= 11 is 0. The molecule has 140 valence electrons. The largest absolute Gasteiger partial charge is 0.309 e. The van der Waals surface area contributed by atoms with Crippen LogP contribution in [0.4, 0.5) is 0 Å². The summed E-state index contributed by atoms with van der Waals surface area (Å²) in [4.78, 5) is 0. The van der Waals surface area contributed by atoms with Crippen LogP contribution in [0.15, 0.2) is 30.3 Å². The van der Waals surface area contributed by atoms with Crippen molar-refractivity contribution in [3.8, 4) is 0 Å². The monoisotopic (exact) mass is 350 g/mol. The Bertz CT molecular complexity index is 763. The van der Waals surface area contributed by atoms with Crippen LogP contribution in [-0.2, 0) is 13.0 Å². The molecule has 1 aliphatic rings. The molecule has 0 bridgehead atoms. The van der Waals surface area contributed by atoms with E-state index in [1.165, 1.54) is 51.8 Å². The van der Waals surface area contributed by atoms with Crippen LogP contribution >= 0.6 is 0 Å². The second-order valence-corrected chi connectivity index (χ2v) is 7.96. The summed E-state index contributed by atoms with van der Waals surface area (Å²) in [5.74, 6) is 0. The van der Waals surface area contributed by atoms with Crippen molar-refractivity contribution >= 4 is 0 Å². The Labute approximate surface area is 159 Å². The molecule has 0 saturated carbocycles. The van der Waals surface area contributed by atoms with Crippen molar-refractivity contribution < 1.29 is 0 Å². The molecule has 0 amide bonds. The lowest BCUT2D eigenvalue weighted by Crippen LogP contribution is -2.45. The van der Waals surface area contributed by atoms with Gasteiger partial charge in [0.25, 0.3) is 0 Å². The summed E-state index contributed by atoms with van der Waals surface area (Å²) in [6.07, 6.45) is 3.58. The Kier molecular flexibility index (Phi) is 6.16. The third-order valence-electron chi connectivity index (χ3n) is 6.15. The van der Waals surface area contributed by atoms with E-state index < -0.39 is 0 Å². The van der Waals surface area contributed by atoms with Gasteiger partial charge in [-0.05, 0) is 92.4 Å². The molecule has 0 aromatic heterocycles. The number of rotatable bonds is 5. The Morgan fingerprint density at radius 3 is 2.54 bits per heavy atom. The van der Waals surface area contributed by atoms with Gasteiger partial charge in [0.2, 0.25) is 0 Å². The van der Waals surface area contributed by atoms with E-state index in [0.717, 1.165) is 19.5 Å². The first-order valence-corrected chi connectivity index (χ1v) is 10.1. The van der Waals surface area contributed by atoms with Crippen molar-refractivity contribution in [2.24, 2.45) is 0 Å².